The van der Waals surface area contributed by atoms with Gasteiger partial charge >= 0.3 is 0 Å². The Morgan fingerprint density at radius 1 is 1.37 bits per heavy atom. The molecule has 0 spiro atoms. The molecule has 19 heavy (non-hydrogen) atoms. The molecule has 1 N–H and O–H groups in total. The van der Waals surface area contributed by atoms with Crippen molar-refractivity contribution in [2.24, 2.45) is 5.92 Å². The molecule has 0 aromatic heterocycles. The molecule has 1 aliphatic rings. The first kappa shape index (κ1) is 15.1. The molecule has 1 aliphatic carbocycles. The molecule has 2 unspecified atom stereocenters. The number of amides is 1. The molecule has 0 saturated heterocycles. The van der Waals surface area contributed by atoms with Crippen LogP contribution in [0.15, 0.2) is 22.7 Å². The SMILES string of the molecule is O=C(NCC1CCCCC1Cl)c1ccc(Cl)cc1Br. The van der Waals surface area contributed by atoms with Crippen LogP contribution < -0.4 is 5.32 Å². The molecule has 5 heteroatoms. The van der Waals surface area contributed by atoms with Crippen molar-refractivity contribution >= 4 is 45.0 Å². The number of hydrogen-bond acceptors (Lipinski definition) is 1. The van der Waals surface area contributed by atoms with E-state index in [-0.39, 0.29) is 11.3 Å². The van der Waals surface area contributed by atoms with Crippen LogP contribution in [-0.2, 0) is 0 Å². The molecule has 0 bridgehead atoms. The van der Waals surface area contributed by atoms with E-state index in [1.54, 1.807) is 18.2 Å². The summed E-state index contributed by atoms with van der Waals surface area (Å²) in [7, 11) is 0. The second-order valence-electron chi connectivity index (χ2n) is 4.89. The second kappa shape index (κ2) is 6.96. The van der Waals surface area contributed by atoms with Crippen molar-refractivity contribution in [3.05, 3.63) is 33.3 Å². The van der Waals surface area contributed by atoms with E-state index >= 15 is 0 Å². The molecule has 0 radical (unpaired) electrons. The number of benzene rings is 1. The average molecular weight is 365 g/mol. The summed E-state index contributed by atoms with van der Waals surface area (Å²) in [6.45, 7) is 0.641. The molecule has 1 aromatic rings. The highest BCUT2D eigenvalue weighted by atomic mass is 79.9. The van der Waals surface area contributed by atoms with Gasteiger partial charge in [-0.25, -0.2) is 0 Å². The third-order valence-electron chi connectivity index (χ3n) is 3.52. The van der Waals surface area contributed by atoms with Crippen molar-refractivity contribution in [1.82, 2.24) is 5.32 Å². The quantitative estimate of drug-likeness (QED) is 0.778. The van der Waals surface area contributed by atoms with Gasteiger partial charge < -0.3 is 5.32 Å². The van der Waals surface area contributed by atoms with E-state index in [0.29, 0.717) is 27.5 Å². The van der Waals surface area contributed by atoms with Crippen LogP contribution in [0.4, 0.5) is 0 Å². The lowest BCUT2D eigenvalue weighted by atomic mass is 9.88. The van der Waals surface area contributed by atoms with Crippen molar-refractivity contribution in [2.45, 2.75) is 31.1 Å². The predicted octanol–water partition coefficient (Wildman–Crippen LogP) is 4.63. The summed E-state index contributed by atoms with van der Waals surface area (Å²) in [5.74, 6) is 0.295. The Hall–Kier alpha value is -0.250. The third kappa shape index (κ3) is 4.11. The van der Waals surface area contributed by atoms with E-state index in [2.05, 4.69) is 21.2 Å². The molecule has 1 aromatic carbocycles. The molecular weight excluding hydrogens is 349 g/mol. The molecule has 1 fully saturated rings. The van der Waals surface area contributed by atoms with Crippen LogP contribution in [0.1, 0.15) is 36.0 Å². The largest absolute Gasteiger partial charge is 0.352 e. The maximum absolute atomic E-state index is 12.1. The van der Waals surface area contributed by atoms with Crippen molar-refractivity contribution in [3.8, 4) is 0 Å². The molecule has 0 heterocycles. The normalized spacial score (nSPS) is 23.1. The van der Waals surface area contributed by atoms with Crippen molar-refractivity contribution in [1.29, 1.82) is 0 Å². The summed E-state index contributed by atoms with van der Waals surface area (Å²) < 4.78 is 0.712. The van der Waals surface area contributed by atoms with Crippen molar-refractivity contribution < 1.29 is 4.79 Å². The zero-order chi connectivity index (χ0) is 13.8. The highest BCUT2D eigenvalue weighted by Crippen LogP contribution is 2.28. The topological polar surface area (TPSA) is 29.1 Å². The Kier molecular flexibility index (Phi) is 5.55. The lowest BCUT2D eigenvalue weighted by molar-refractivity contribution is 0.0943. The van der Waals surface area contributed by atoms with E-state index in [0.717, 1.165) is 12.8 Å². The van der Waals surface area contributed by atoms with Gasteiger partial charge in [0.15, 0.2) is 0 Å². The average Bonchev–Trinajstić information content (AvgIpc) is 2.37. The molecule has 104 valence electrons. The lowest BCUT2D eigenvalue weighted by Crippen LogP contribution is -2.34. The number of hydrogen-bond donors (Lipinski definition) is 1. The summed E-state index contributed by atoms with van der Waals surface area (Å²) in [6, 6.07) is 5.16. The van der Waals surface area contributed by atoms with Crippen LogP contribution >= 0.6 is 39.1 Å². The van der Waals surface area contributed by atoms with E-state index in [4.69, 9.17) is 23.2 Å². The summed E-state index contributed by atoms with van der Waals surface area (Å²) in [5, 5.41) is 3.75. The highest BCUT2D eigenvalue weighted by molar-refractivity contribution is 9.10. The molecule has 1 saturated carbocycles. The number of alkyl halides is 1. The first-order valence-electron chi connectivity index (χ1n) is 6.45. The Morgan fingerprint density at radius 3 is 2.79 bits per heavy atom. The van der Waals surface area contributed by atoms with Crippen LogP contribution in [0, 0.1) is 5.92 Å². The summed E-state index contributed by atoms with van der Waals surface area (Å²) in [5.41, 5.74) is 0.603. The number of carbonyl (C=O) groups excluding carboxylic acids is 1. The van der Waals surface area contributed by atoms with E-state index < -0.39 is 0 Å². The van der Waals surface area contributed by atoms with E-state index in [1.807, 2.05) is 0 Å². The molecule has 2 atom stereocenters. The fourth-order valence-corrected chi connectivity index (χ4v) is 3.62. The summed E-state index contributed by atoms with van der Waals surface area (Å²) >= 11 is 15.5. The van der Waals surface area contributed by atoms with E-state index in [9.17, 15) is 4.79 Å². The second-order valence-corrected chi connectivity index (χ2v) is 6.75. The monoisotopic (exact) mass is 363 g/mol. The molecule has 0 aliphatic heterocycles. The van der Waals surface area contributed by atoms with Gasteiger partial charge in [0.1, 0.15) is 0 Å². The summed E-state index contributed by atoms with van der Waals surface area (Å²) in [4.78, 5) is 12.1. The van der Waals surface area contributed by atoms with Gasteiger partial charge in [-0.05, 0) is 52.9 Å². The number of carbonyl (C=O) groups is 1. The zero-order valence-corrected chi connectivity index (χ0v) is 13.6. The van der Waals surface area contributed by atoms with Crippen molar-refractivity contribution in [3.63, 3.8) is 0 Å². The van der Waals surface area contributed by atoms with Crippen molar-refractivity contribution in [2.75, 3.05) is 6.54 Å². The molecule has 2 rings (SSSR count). The maximum Gasteiger partial charge on any atom is 0.252 e. The van der Waals surface area contributed by atoms with Gasteiger partial charge in [-0.1, -0.05) is 24.4 Å². The minimum absolute atomic E-state index is 0.0852. The fraction of sp³-hybridized carbons (Fsp3) is 0.500. The highest BCUT2D eigenvalue weighted by Gasteiger charge is 2.23. The van der Waals surface area contributed by atoms with Crippen LogP contribution in [0.25, 0.3) is 0 Å². The molecule has 1 amide bonds. The Labute approximate surface area is 132 Å². The first-order valence-corrected chi connectivity index (χ1v) is 8.06. The van der Waals surface area contributed by atoms with Gasteiger partial charge in [-0.2, -0.15) is 0 Å². The Morgan fingerprint density at radius 2 is 2.11 bits per heavy atom. The summed E-state index contributed by atoms with van der Waals surface area (Å²) in [6.07, 6.45) is 4.54. The van der Waals surface area contributed by atoms with Crippen LogP contribution in [-0.4, -0.2) is 17.8 Å². The first-order chi connectivity index (χ1) is 9.08. The standard InChI is InChI=1S/C14H16BrCl2NO/c15-12-7-10(16)5-6-11(12)14(19)18-8-9-3-1-2-4-13(9)17/h5-7,9,13H,1-4,8H2,(H,18,19). The fourth-order valence-electron chi connectivity index (χ4n) is 2.38. The van der Waals surface area contributed by atoms with Gasteiger partial charge in [0.25, 0.3) is 5.91 Å². The molecule has 2 nitrogen and oxygen atoms in total. The minimum atomic E-state index is -0.0852. The minimum Gasteiger partial charge on any atom is -0.352 e. The molecular formula is C14H16BrCl2NO. The van der Waals surface area contributed by atoms with Gasteiger partial charge in [-0.15, -0.1) is 11.6 Å². The smallest absolute Gasteiger partial charge is 0.252 e. The maximum atomic E-state index is 12.1. The number of nitrogens with one attached hydrogen (secondary N) is 1. The Bertz CT molecular complexity index is 467. The van der Waals surface area contributed by atoms with Gasteiger partial charge in [0.05, 0.1) is 5.56 Å². The van der Waals surface area contributed by atoms with Crippen LogP contribution in [0.2, 0.25) is 5.02 Å². The van der Waals surface area contributed by atoms with Crippen LogP contribution in [0.5, 0.6) is 0 Å². The third-order valence-corrected chi connectivity index (χ3v) is 4.98. The van der Waals surface area contributed by atoms with Crippen LogP contribution in [0.3, 0.4) is 0 Å². The number of halogens is 3. The lowest BCUT2D eigenvalue weighted by Gasteiger charge is -2.27. The predicted molar refractivity (Wildman–Crippen MR) is 83.1 cm³/mol. The van der Waals surface area contributed by atoms with Gasteiger partial charge in [0.2, 0.25) is 0 Å². The van der Waals surface area contributed by atoms with Gasteiger partial charge in [-0.3, -0.25) is 4.79 Å². The Balaban J connectivity index is 1.93. The number of rotatable bonds is 3. The zero-order valence-electron chi connectivity index (χ0n) is 10.5. The van der Waals surface area contributed by atoms with E-state index in [1.165, 1.54) is 12.8 Å². The van der Waals surface area contributed by atoms with Gasteiger partial charge in [0, 0.05) is 21.4 Å².